The van der Waals surface area contributed by atoms with Crippen LogP contribution in [-0.2, 0) is 0 Å². The van der Waals surface area contributed by atoms with Gasteiger partial charge < -0.3 is 10.4 Å². The first kappa shape index (κ1) is 13.6. The van der Waals surface area contributed by atoms with Crippen molar-refractivity contribution in [1.29, 1.82) is 5.26 Å². The van der Waals surface area contributed by atoms with E-state index in [1.54, 1.807) is 6.92 Å². The molecule has 0 aliphatic rings. The van der Waals surface area contributed by atoms with E-state index < -0.39 is 11.7 Å². The minimum atomic E-state index is -0.673. The van der Waals surface area contributed by atoms with E-state index in [2.05, 4.69) is 5.32 Å². The molecule has 0 aliphatic heterocycles. The van der Waals surface area contributed by atoms with Crippen molar-refractivity contribution >= 4 is 11.6 Å². The highest BCUT2D eigenvalue weighted by molar-refractivity contribution is 6.04. The molecule has 2 aromatic carbocycles. The number of benzene rings is 2. The maximum atomic E-state index is 13.7. The molecule has 0 aromatic heterocycles. The van der Waals surface area contributed by atoms with Crippen molar-refractivity contribution in [3.05, 3.63) is 58.9 Å². The lowest BCUT2D eigenvalue weighted by atomic mass is 10.1. The zero-order valence-corrected chi connectivity index (χ0v) is 10.6. The fourth-order valence-corrected chi connectivity index (χ4v) is 1.68. The topological polar surface area (TPSA) is 73.1 Å². The number of hydrogen-bond acceptors (Lipinski definition) is 3. The number of aromatic hydroxyl groups is 1. The molecular formula is C15H11FN2O2. The highest BCUT2D eigenvalue weighted by Crippen LogP contribution is 2.19. The van der Waals surface area contributed by atoms with Crippen LogP contribution in [0.5, 0.6) is 5.75 Å². The van der Waals surface area contributed by atoms with E-state index >= 15 is 0 Å². The van der Waals surface area contributed by atoms with Crippen LogP contribution in [0.1, 0.15) is 21.5 Å². The number of aryl methyl sites for hydroxylation is 1. The Bertz CT molecular complexity index is 720. The maximum Gasteiger partial charge on any atom is 0.255 e. The number of phenols is 1. The van der Waals surface area contributed by atoms with Crippen LogP contribution in [0.2, 0.25) is 0 Å². The van der Waals surface area contributed by atoms with Gasteiger partial charge >= 0.3 is 0 Å². The maximum absolute atomic E-state index is 13.7. The van der Waals surface area contributed by atoms with Gasteiger partial charge in [0.05, 0.1) is 17.3 Å². The molecule has 2 aromatic rings. The molecule has 0 aliphatic carbocycles. The smallest absolute Gasteiger partial charge is 0.255 e. The summed E-state index contributed by atoms with van der Waals surface area (Å²) in [5.74, 6) is -1.07. The number of nitrogens with one attached hydrogen (secondary N) is 1. The Labute approximate surface area is 115 Å². The third-order valence-corrected chi connectivity index (χ3v) is 2.81. The van der Waals surface area contributed by atoms with Gasteiger partial charge in [0.25, 0.3) is 5.91 Å². The zero-order valence-electron chi connectivity index (χ0n) is 10.6. The molecule has 5 heteroatoms. The van der Waals surface area contributed by atoms with E-state index in [0.29, 0.717) is 11.1 Å². The van der Waals surface area contributed by atoms with Gasteiger partial charge in [-0.3, -0.25) is 4.79 Å². The average Bonchev–Trinajstić information content (AvgIpc) is 2.43. The molecule has 0 fully saturated rings. The van der Waals surface area contributed by atoms with Crippen molar-refractivity contribution in [2.24, 2.45) is 0 Å². The lowest BCUT2D eigenvalue weighted by Crippen LogP contribution is -2.13. The molecule has 4 nitrogen and oxygen atoms in total. The molecule has 0 bridgehead atoms. The lowest BCUT2D eigenvalue weighted by Gasteiger charge is -2.07. The van der Waals surface area contributed by atoms with Gasteiger partial charge in [0.15, 0.2) is 0 Å². The Morgan fingerprint density at radius 3 is 2.65 bits per heavy atom. The van der Waals surface area contributed by atoms with Crippen LogP contribution >= 0.6 is 0 Å². The van der Waals surface area contributed by atoms with Gasteiger partial charge in [0.2, 0.25) is 0 Å². The highest BCUT2D eigenvalue weighted by atomic mass is 19.1. The molecule has 20 heavy (non-hydrogen) atoms. The second kappa shape index (κ2) is 5.41. The first-order valence-electron chi connectivity index (χ1n) is 5.82. The van der Waals surface area contributed by atoms with Crippen molar-refractivity contribution in [1.82, 2.24) is 0 Å². The Morgan fingerprint density at radius 1 is 1.30 bits per heavy atom. The predicted octanol–water partition coefficient (Wildman–Crippen LogP) is 2.96. The van der Waals surface area contributed by atoms with E-state index in [-0.39, 0.29) is 17.0 Å². The summed E-state index contributed by atoms with van der Waals surface area (Å²) in [6.07, 6.45) is 0. The Hall–Kier alpha value is -2.87. The van der Waals surface area contributed by atoms with E-state index in [1.165, 1.54) is 30.3 Å². The van der Waals surface area contributed by atoms with Gasteiger partial charge in [-0.05, 0) is 48.9 Å². The number of anilines is 1. The van der Waals surface area contributed by atoms with E-state index in [9.17, 15) is 14.3 Å². The first-order chi connectivity index (χ1) is 9.51. The van der Waals surface area contributed by atoms with Crippen LogP contribution in [0, 0.1) is 24.1 Å². The number of carbonyl (C=O) groups is 1. The van der Waals surface area contributed by atoms with Crippen molar-refractivity contribution in [2.45, 2.75) is 6.92 Å². The molecule has 0 saturated heterocycles. The highest BCUT2D eigenvalue weighted by Gasteiger charge is 2.11. The van der Waals surface area contributed by atoms with Crippen LogP contribution in [-0.4, -0.2) is 11.0 Å². The van der Waals surface area contributed by atoms with Crippen LogP contribution in [0.3, 0.4) is 0 Å². The fourth-order valence-electron chi connectivity index (χ4n) is 1.68. The lowest BCUT2D eigenvalue weighted by molar-refractivity contribution is 0.102. The molecule has 0 unspecified atom stereocenters. The molecule has 0 heterocycles. The van der Waals surface area contributed by atoms with Crippen LogP contribution in [0.15, 0.2) is 36.4 Å². The molecule has 1 amide bonds. The SMILES string of the molecule is Cc1cc(C(=O)Nc2ccc(C#N)cc2F)ccc1O. The predicted molar refractivity (Wildman–Crippen MR) is 71.9 cm³/mol. The normalized spacial score (nSPS) is 9.85. The third kappa shape index (κ3) is 2.75. The number of phenolic OH excluding ortho intramolecular Hbond substituents is 1. The van der Waals surface area contributed by atoms with Gasteiger partial charge in [-0.1, -0.05) is 0 Å². The molecule has 0 radical (unpaired) electrons. The summed E-state index contributed by atoms with van der Waals surface area (Å²) < 4.78 is 13.7. The first-order valence-corrected chi connectivity index (χ1v) is 5.82. The van der Waals surface area contributed by atoms with E-state index in [1.807, 2.05) is 6.07 Å². The van der Waals surface area contributed by atoms with Crippen LogP contribution in [0.4, 0.5) is 10.1 Å². The van der Waals surface area contributed by atoms with Crippen LogP contribution < -0.4 is 5.32 Å². The number of nitrogens with zero attached hydrogens (tertiary/aromatic N) is 1. The van der Waals surface area contributed by atoms with E-state index in [0.717, 1.165) is 6.07 Å². The number of nitriles is 1. The summed E-state index contributed by atoms with van der Waals surface area (Å²) in [5, 5.41) is 20.5. The quantitative estimate of drug-likeness (QED) is 0.881. The van der Waals surface area contributed by atoms with Crippen molar-refractivity contribution < 1.29 is 14.3 Å². The van der Waals surface area contributed by atoms with Gasteiger partial charge in [0, 0.05) is 5.56 Å². The minimum absolute atomic E-state index is 0.000252. The second-order valence-electron chi connectivity index (χ2n) is 4.26. The third-order valence-electron chi connectivity index (χ3n) is 2.81. The molecule has 2 rings (SSSR count). The Balaban J connectivity index is 2.23. The largest absolute Gasteiger partial charge is 0.508 e. The molecule has 0 atom stereocenters. The minimum Gasteiger partial charge on any atom is -0.508 e. The zero-order chi connectivity index (χ0) is 14.7. The van der Waals surface area contributed by atoms with Crippen molar-refractivity contribution in [3.63, 3.8) is 0 Å². The van der Waals surface area contributed by atoms with Crippen molar-refractivity contribution in [2.75, 3.05) is 5.32 Å². The molecule has 2 N–H and O–H groups in total. The number of carbonyl (C=O) groups excluding carboxylic acids is 1. The number of amides is 1. The standard InChI is InChI=1S/C15H11FN2O2/c1-9-6-11(3-5-14(9)19)15(20)18-13-4-2-10(8-17)7-12(13)16/h2-7,19H,1H3,(H,18,20). The number of halogens is 1. The summed E-state index contributed by atoms with van der Waals surface area (Å²) in [6.45, 7) is 1.66. The average molecular weight is 270 g/mol. The number of hydrogen-bond donors (Lipinski definition) is 2. The summed E-state index contributed by atoms with van der Waals surface area (Å²) in [7, 11) is 0. The molecular weight excluding hydrogens is 259 g/mol. The molecule has 0 saturated carbocycles. The molecule has 100 valence electrons. The molecule has 0 spiro atoms. The Kier molecular flexibility index (Phi) is 3.67. The van der Waals surface area contributed by atoms with E-state index in [4.69, 9.17) is 5.26 Å². The van der Waals surface area contributed by atoms with Gasteiger partial charge in [0.1, 0.15) is 11.6 Å². The fraction of sp³-hybridized carbons (Fsp3) is 0.0667. The van der Waals surface area contributed by atoms with Crippen molar-refractivity contribution in [3.8, 4) is 11.8 Å². The van der Waals surface area contributed by atoms with Crippen LogP contribution in [0.25, 0.3) is 0 Å². The Morgan fingerprint density at radius 2 is 2.05 bits per heavy atom. The summed E-state index contributed by atoms with van der Waals surface area (Å²) in [6, 6.07) is 9.97. The van der Waals surface area contributed by atoms with Gasteiger partial charge in [-0.2, -0.15) is 5.26 Å². The summed E-state index contributed by atoms with van der Waals surface area (Å²) in [4.78, 5) is 12.0. The van der Waals surface area contributed by atoms with Gasteiger partial charge in [-0.15, -0.1) is 0 Å². The number of rotatable bonds is 2. The van der Waals surface area contributed by atoms with Gasteiger partial charge in [-0.25, -0.2) is 4.39 Å². The monoisotopic (exact) mass is 270 g/mol. The summed E-state index contributed by atoms with van der Waals surface area (Å²) in [5.41, 5.74) is 1.04. The second-order valence-corrected chi connectivity index (χ2v) is 4.26. The summed E-state index contributed by atoms with van der Waals surface area (Å²) >= 11 is 0.